The second kappa shape index (κ2) is 4.63. The van der Waals surface area contributed by atoms with Crippen LogP contribution in [0, 0.1) is 5.41 Å². The Bertz CT molecular complexity index is 235. The molecule has 1 saturated heterocycles. The van der Waals surface area contributed by atoms with Crippen LogP contribution >= 0.6 is 0 Å². The Hall–Kier alpha value is -0.120. The molecule has 0 aromatic rings. The van der Waals surface area contributed by atoms with E-state index in [4.69, 9.17) is 5.73 Å². The fourth-order valence-electron chi connectivity index (χ4n) is 2.77. The average Bonchev–Trinajstić information content (AvgIpc) is 2.96. The molecule has 2 fully saturated rings. The van der Waals surface area contributed by atoms with Crippen LogP contribution in [0.4, 0.5) is 0 Å². The highest BCUT2D eigenvalue weighted by atomic mass is 15.3. The predicted molar refractivity (Wildman–Crippen MR) is 68.5 cm³/mol. The van der Waals surface area contributed by atoms with Crippen molar-refractivity contribution in [2.45, 2.75) is 45.2 Å². The summed E-state index contributed by atoms with van der Waals surface area (Å²) in [6.07, 6.45) is 4.21. The van der Waals surface area contributed by atoms with Crippen LogP contribution in [0.25, 0.3) is 0 Å². The first-order valence-corrected chi connectivity index (χ1v) is 6.66. The van der Waals surface area contributed by atoms with Crippen LogP contribution in [0.5, 0.6) is 0 Å². The van der Waals surface area contributed by atoms with Crippen molar-refractivity contribution < 1.29 is 0 Å². The van der Waals surface area contributed by atoms with Crippen LogP contribution in [-0.4, -0.2) is 55.1 Å². The van der Waals surface area contributed by atoms with Gasteiger partial charge in [-0.1, -0.05) is 13.8 Å². The normalized spacial score (nSPS) is 27.9. The van der Waals surface area contributed by atoms with E-state index in [2.05, 4.69) is 30.7 Å². The number of nitrogens with zero attached hydrogens (tertiary/aromatic N) is 2. The standard InChI is InChI=1S/C13H27N3/c1-13(2,9-14)10-15(3)12-6-7-16(8-12)11-4-5-11/h11-12H,4-10,14H2,1-3H3. The van der Waals surface area contributed by atoms with E-state index in [0.29, 0.717) is 0 Å². The van der Waals surface area contributed by atoms with Crippen LogP contribution in [0.1, 0.15) is 33.1 Å². The number of nitrogens with two attached hydrogens (primary N) is 1. The van der Waals surface area contributed by atoms with Crippen molar-refractivity contribution in [2.75, 3.05) is 33.2 Å². The smallest absolute Gasteiger partial charge is 0.0232 e. The van der Waals surface area contributed by atoms with Crippen LogP contribution in [0.15, 0.2) is 0 Å². The van der Waals surface area contributed by atoms with Crippen molar-refractivity contribution >= 4 is 0 Å². The Morgan fingerprint density at radius 2 is 2.00 bits per heavy atom. The molecule has 1 aliphatic heterocycles. The molecule has 0 amide bonds. The minimum Gasteiger partial charge on any atom is -0.330 e. The average molecular weight is 225 g/mol. The Balaban J connectivity index is 1.79. The number of hydrogen-bond donors (Lipinski definition) is 1. The second-order valence-corrected chi connectivity index (χ2v) is 6.45. The Morgan fingerprint density at radius 1 is 1.31 bits per heavy atom. The lowest BCUT2D eigenvalue weighted by Crippen LogP contribution is -2.43. The van der Waals surface area contributed by atoms with Crippen molar-refractivity contribution in [3.8, 4) is 0 Å². The summed E-state index contributed by atoms with van der Waals surface area (Å²) in [6.45, 7) is 9.00. The minimum absolute atomic E-state index is 0.252. The van der Waals surface area contributed by atoms with Gasteiger partial charge >= 0.3 is 0 Å². The van der Waals surface area contributed by atoms with E-state index >= 15 is 0 Å². The van der Waals surface area contributed by atoms with E-state index in [1.54, 1.807) is 0 Å². The molecule has 94 valence electrons. The molecule has 3 nitrogen and oxygen atoms in total. The summed E-state index contributed by atoms with van der Waals surface area (Å²) in [6, 6.07) is 1.69. The molecule has 1 saturated carbocycles. The van der Waals surface area contributed by atoms with Gasteiger partial charge in [-0.25, -0.2) is 0 Å². The zero-order valence-corrected chi connectivity index (χ0v) is 11.1. The van der Waals surface area contributed by atoms with Gasteiger partial charge in [-0.05, 0) is 38.3 Å². The van der Waals surface area contributed by atoms with E-state index in [9.17, 15) is 0 Å². The molecule has 1 heterocycles. The van der Waals surface area contributed by atoms with Crippen LogP contribution in [0.3, 0.4) is 0 Å². The summed E-state index contributed by atoms with van der Waals surface area (Å²) in [5, 5.41) is 0. The number of rotatable bonds is 5. The van der Waals surface area contributed by atoms with E-state index < -0.39 is 0 Å². The number of likely N-dealkylation sites (N-methyl/N-ethyl adjacent to an activating group) is 1. The van der Waals surface area contributed by atoms with Gasteiger partial charge in [-0.3, -0.25) is 4.90 Å². The second-order valence-electron chi connectivity index (χ2n) is 6.45. The third kappa shape index (κ3) is 2.96. The Morgan fingerprint density at radius 3 is 2.56 bits per heavy atom. The maximum Gasteiger partial charge on any atom is 0.0232 e. The topological polar surface area (TPSA) is 32.5 Å². The maximum atomic E-state index is 5.80. The van der Waals surface area contributed by atoms with Crippen LogP contribution in [-0.2, 0) is 0 Å². The van der Waals surface area contributed by atoms with Crippen LogP contribution in [0.2, 0.25) is 0 Å². The van der Waals surface area contributed by atoms with Crippen molar-refractivity contribution in [1.82, 2.24) is 9.80 Å². The summed E-state index contributed by atoms with van der Waals surface area (Å²) < 4.78 is 0. The van der Waals surface area contributed by atoms with Crippen molar-refractivity contribution in [1.29, 1.82) is 0 Å². The molecule has 16 heavy (non-hydrogen) atoms. The number of likely N-dealkylation sites (tertiary alicyclic amines) is 1. The van der Waals surface area contributed by atoms with Crippen molar-refractivity contribution in [3.05, 3.63) is 0 Å². The van der Waals surface area contributed by atoms with Gasteiger partial charge in [-0.2, -0.15) is 0 Å². The lowest BCUT2D eigenvalue weighted by molar-refractivity contribution is 0.162. The summed E-state index contributed by atoms with van der Waals surface area (Å²) in [5.41, 5.74) is 6.05. The molecule has 2 aliphatic rings. The summed E-state index contributed by atoms with van der Waals surface area (Å²) in [5.74, 6) is 0. The van der Waals surface area contributed by atoms with Gasteiger partial charge in [0.15, 0.2) is 0 Å². The first kappa shape index (κ1) is 12.3. The SMILES string of the molecule is CN(CC(C)(C)CN)C1CCN(C2CC2)C1. The highest BCUT2D eigenvalue weighted by Crippen LogP contribution is 2.31. The fraction of sp³-hybridized carbons (Fsp3) is 1.00. The quantitative estimate of drug-likeness (QED) is 0.761. The molecule has 1 atom stereocenters. The van der Waals surface area contributed by atoms with Gasteiger partial charge in [0.1, 0.15) is 0 Å². The molecular weight excluding hydrogens is 198 g/mol. The monoisotopic (exact) mass is 225 g/mol. The lowest BCUT2D eigenvalue weighted by atomic mass is 9.92. The molecule has 2 rings (SSSR count). The molecule has 3 heteroatoms. The maximum absolute atomic E-state index is 5.80. The van der Waals surface area contributed by atoms with E-state index in [1.807, 2.05) is 0 Å². The zero-order chi connectivity index (χ0) is 11.8. The molecule has 0 spiro atoms. The van der Waals surface area contributed by atoms with Gasteiger partial charge in [-0.15, -0.1) is 0 Å². The first-order chi connectivity index (χ1) is 7.52. The summed E-state index contributed by atoms with van der Waals surface area (Å²) >= 11 is 0. The molecule has 2 N–H and O–H groups in total. The largest absolute Gasteiger partial charge is 0.330 e. The fourth-order valence-corrected chi connectivity index (χ4v) is 2.77. The van der Waals surface area contributed by atoms with Gasteiger partial charge in [0, 0.05) is 31.7 Å². The van der Waals surface area contributed by atoms with Gasteiger partial charge in [0.05, 0.1) is 0 Å². The highest BCUT2D eigenvalue weighted by molar-refractivity contribution is 4.92. The van der Waals surface area contributed by atoms with Gasteiger partial charge in [0.2, 0.25) is 0 Å². The highest BCUT2D eigenvalue weighted by Gasteiger charge is 2.36. The van der Waals surface area contributed by atoms with E-state index in [0.717, 1.165) is 25.2 Å². The molecule has 1 unspecified atom stereocenters. The zero-order valence-electron chi connectivity index (χ0n) is 11.1. The van der Waals surface area contributed by atoms with Crippen LogP contribution < -0.4 is 5.73 Å². The van der Waals surface area contributed by atoms with E-state index in [-0.39, 0.29) is 5.41 Å². The molecule has 0 bridgehead atoms. The molecule has 0 radical (unpaired) electrons. The number of hydrogen-bond acceptors (Lipinski definition) is 3. The van der Waals surface area contributed by atoms with Gasteiger partial charge < -0.3 is 10.6 Å². The summed E-state index contributed by atoms with van der Waals surface area (Å²) in [4.78, 5) is 5.20. The third-order valence-corrected chi connectivity index (χ3v) is 4.11. The lowest BCUT2D eigenvalue weighted by Gasteiger charge is -2.33. The first-order valence-electron chi connectivity index (χ1n) is 6.66. The van der Waals surface area contributed by atoms with Gasteiger partial charge in [0.25, 0.3) is 0 Å². The van der Waals surface area contributed by atoms with Crippen molar-refractivity contribution in [2.24, 2.45) is 11.1 Å². The molecule has 0 aromatic carbocycles. The summed E-state index contributed by atoms with van der Waals surface area (Å²) in [7, 11) is 2.26. The third-order valence-electron chi connectivity index (χ3n) is 4.11. The van der Waals surface area contributed by atoms with E-state index in [1.165, 1.54) is 32.4 Å². The Kier molecular flexibility index (Phi) is 3.57. The van der Waals surface area contributed by atoms with Crippen molar-refractivity contribution in [3.63, 3.8) is 0 Å². The Labute approximate surface area is 100.0 Å². The predicted octanol–water partition coefficient (Wildman–Crippen LogP) is 1.14. The molecule has 1 aliphatic carbocycles. The minimum atomic E-state index is 0.252. The molecular formula is C13H27N3. The molecule has 0 aromatic heterocycles.